The summed E-state index contributed by atoms with van der Waals surface area (Å²) in [5, 5.41) is 11.5. The van der Waals surface area contributed by atoms with Gasteiger partial charge in [0.25, 0.3) is 0 Å². The SMILES string of the molecule is CCCN(CC(F)(F)F)C(=O)NC1CCC(C(=O)O)CC1. The number of nitrogens with one attached hydrogen (secondary N) is 1. The first kappa shape index (κ1) is 17.6. The molecule has 1 saturated carbocycles. The van der Waals surface area contributed by atoms with Crippen LogP contribution < -0.4 is 5.32 Å². The van der Waals surface area contributed by atoms with Crippen molar-refractivity contribution < 1.29 is 27.9 Å². The lowest BCUT2D eigenvalue weighted by Gasteiger charge is -2.30. The third-order valence-corrected chi connectivity index (χ3v) is 3.55. The van der Waals surface area contributed by atoms with Crippen molar-refractivity contribution in [2.45, 2.75) is 51.2 Å². The summed E-state index contributed by atoms with van der Waals surface area (Å²) in [6.45, 7) is 0.474. The Hall–Kier alpha value is -1.47. The number of carboxylic acids is 1. The van der Waals surface area contributed by atoms with Crippen LogP contribution in [0, 0.1) is 5.92 Å². The molecule has 5 nitrogen and oxygen atoms in total. The van der Waals surface area contributed by atoms with Gasteiger partial charge in [-0.25, -0.2) is 4.79 Å². The van der Waals surface area contributed by atoms with Gasteiger partial charge >= 0.3 is 18.2 Å². The normalized spacial score (nSPS) is 22.7. The number of carbonyl (C=O) groups excluding carboxylic acids is 1. The Morgan fingerprint density at radius 1 is 1.24 bits per heavy atom. The van der Waals surface area contributed by atoms with E-state index in [1.807, 2.05) is 0 Å². The molecule has 2 N–H and O–H groups in total. The van der Waals surface area contributed by atoms with Crippen molar-refractivity contribution in [2.24, 2.45) is 5.92 Å². The first-order valence-corrected chi connectivity index (χ1v) is 7.08. The number of aliphatic carboxylic acids is 1. The van der Waals surface area contributed by atoms with E-state index in [2.05, 4.69) is 5.32 Å². The van der Waals surface area contributed by atoms with Crippen LogP contribution in [0.1, 0.15) is 39.0 Å². The molecule has 0 aromatic carbocycles. The topological polar surface area (TPSA) is 69.6 Å². The van der Waals surface area contributed by atoms with Crippen molar-refractivity contribution >= 4 is 12.0 Å². The maximum Gasteiger partial charge on any atom is 0.406 e. The number of halogens is 3. The number of hydrogen-bond acceptors (Lipinski definition) is 2. The molecule has 0 aromatic heterocycles. The molecule has 0 aliphatic heterocycles. The quantitative estimate of drug-likeness (QED) is 0.820. The molecule has 0 atom stereocenters. The lowest BCUT2D eigenvalue weighted by Crippen LogP contribution is -2.49. The van der Waals surface area contributed by atoms with E-state index >= 15 is 0 Å². The Morgan fingerprint density at radius 3 is 2.24 bits per heavy atom. The van der Waals surface area contributed by atoms with Gasteiger partial charge in [-0.3, -0.25) is 4.79 Å². The molecule has 8 heteroatoms. The van der Waals surface area contributed by atoms with Crippen molar-refractivity contribution in [1.82, 2.24) is 10.2 Å². The number of alkyl halides is 3. The summed E-state index contributed by atoms with van der Waals surface area (Å²) in [5.74, 6) is -1.27. The van der Waals surface area contributed by atoms with Crippen molar-refractivity contribution in [3.05, 3.63) is 0 Å². The smallest absolute Gasteiger partial charge is 0.406 e. The van der Waals surface area contributed by atoms with Gasteiger partial charge in [0.05, 0.1) is 5.92 Å². The molecule has 0 unspecified atom stereocenters. The predicted octanol–water partition coefficient (Wildman–Crippen LogP) is 2.61. The zero-order chi connectivity index (χ0) is 16.0. The monoisotopic (exact) mass is 310 g/mol. The number of urea groups is 1. The van der Waals surface area contributed by atoms with E-state index in [1.165, 1.54) is 0 Å². The summed E-state index contributed by atoms with van der Waals surface area (Å²) in [4.78, 5) is 23.5. The second-order valence-electron chi connectivity index (χ2n) is 5.37. The number of hydrogen-bond donors (Lipinski definition) is 2. The molecule has 21 heavy (non-hydrogen) atoms. The molecule has 1 rings (SSSR count). The van der Waals surface area contributed by atoms with Gasteiger partial charge in [0.2, 0.25) is 0 Å². The van der Waals surface area contributed by atoms with Gasteiger partial charge in [-0.05, 0) is 32.1 Å². The highest BCUT2D eigenvalue weighted by Crippen LogP contribution is 2.25. The Labute approximate surface area is 121 Å². The first-order valence-electron chi connectivity index (χ1n) is 7.08. The fourth-order valence-electron chi connectivity index (χ4n) is 2.49. The lowest BCUT2D eigenvalue weighted by molar-refractivity contribution is -0.143. The molecule has 0 heterocycles. The van der Waals surface area contributed by atoms with E-state index in [4.69, 9.17) is 5.11 Å². The summed E-state index contributed by atoms with van der Waals surface area (Å²) in [6, 6.07) is -0.978. The summed E-state index contributed by atoms with van der Waals surface area (Å²) >= 11 is 0. The van der Waals surface area contributed by atoms with E-state index in [1.54, 1.807) is 6.92 Å². The molecule has 1 aliphatic carbocycles. The van der Waals surface area contributed by atoms with Gasteiger partial charge < -0.3 is 15.3 Å². The number of amides is 2. The number of nitrogens with zero attached hydrogens (tertiary/aromatic N) is 1. The van der Waals surface area contributed by atoms with Crippen molar-refractivity contribution in [2.75, 3.05) is 13.1 Å². The molecule has 1 fully saturated rings. The van der Waals surface area contributed by atoms with E-state index in [0.717, 1.165) is 4.90 Å². The molecule has 0 bridgehead atoms. The number of carbonyl (C=O) groups is 2. The van der Waals surface area contributed by atoms with Gasteiger partial charge in [0.15, 0.2) is 0 Å². The highest BCUT2D eigenvalue weighted by Gasteiger charge is 2.34. The predicted molar refractivity (Wildman–Crippen MR) is 69.8 cm³/mol. The summed E-state index contributed by atoms with van der Waals surface area (Å²) in [6.07, 6.45) is -2.15. The van der Waals surface area contributed by atoms with Crippen LogP contribution in [0.2, 0.25) is 0 Å². The largest absolute Gasteiger partial charge is 0.481 e. The van der Waals surface area contributed by atoms with Gasteiger partial charge in [-0.2, -0.15) is 13.2 Å². The molecule has 2 amide bonds. The van der Waals surface area contributed by atoms with E-state index in [9.17, 15) is 22.8 Å². The minimum absolute atomic E-state index is 0.0375. The molecule has 1 aliphatic rings. The minimum atomic E-state index is -4.42. The molecule has 0 saturated heterocycles. The maximum atomic E-state index is 12.4. The standard InChI is InChI=1S/C13H21F3N2O3/c1-2-7-18(8-13(14,15)16)12(21)17-10-5-3-9(4-6-10)11(19)20/h9-10H,2-8H2,1H3,(H,17,21)(H,19,20). The van der Waals surface area contributed by atoms with Crippen LogP contribution >= 0.6 is 0 Å². The van der Waals surface area contributed by atoms with Crippen LogP contribution in [0.3, 0.4) is 0 Å². The average Bonchev–Trinajstić information content (AvgIpc) is 2.37. The van der Waals surface area contributed by atoms with Gasteiger partial charge in [0.1, 0.15) is 6.54 Å². The van der Waals surface area contributed by atoms with Crippen LogP contribution in [0.15, 0.2) is 0 Å². The zero-order valence-electron chi connectivity index (χ0n) is 11.9. The zero-order valence-corrected chi connectivity index (χ0v) is 11.9. The second-order valence-corrected chi connectivity index (χ2v) is 5.37. The van der Waals surface area contributed by atoms with Gasteiger partial charge in [-0.15, -0.1) is 0 Å². The molecule has 122 valence electrons. The summed E-state index contributed by atoms with van der Waals surface area (Å²) < 4.78 is 37.3. The molecular weight excluding hydrogens is 289 g/mol. The van der Waals surface area contributed by atoms with Crippen LogP contribution in [-0.2, 0) is 4.79 Å². The fourth-order valence-corrected chi connectivity index (χ4v) is 2.49. The van der Waals surface area contributed by atoms with Crippen LogP contribution in [0.5, 0.6) is 0 Å². The Kier molecular flexibility index (Phi) is 6.29. The Morgan fingerprint density at radius 2 is 1.81 bits per heavy atom. The Bertz CT molecular complexity index is 366. The fraction of sp³-hybridized carbons (Fsp3) is 0.846. The van der Waals surface area contributed by atoms with Crippen molar-refractivity contribution in [3.63, 3.8) is 0 Å². The highest BCUT2D eigenvalue weighted by molar-refractivity contribution is 5.74. The highest BCUT2D eigenvalue weighted by atomic mass is 19.4. The molecular formula is C13H21F3N2O3. The molecule has 0 aromatic rings. The van der Waals surface area contributed by atoms with E-state index in [-0.39, 0.29) is 12.6 Å². The van der Waals surface area contributed by atoms with Crippen LogP contribution in [-0.4, -0.2) is 47.3 Å². The molecule has 0 spiro atoms. The minimum Gasteiger partial charge on any atom is -0.481 e. The molecule has 0 radical (unpaired) electrons. The van der Waals surface area contributed by atoms with E-state index < -0.39 is 30.6 Å². The third kappa shape index (κ3) is 6.22. The summed E-state index contributed by atoms with van der Waals surface area (Å²) in [5.41, 5.74) is 0. The van der Waals surface area contributed by atoms with Crippen LogP contribution in [0.25, 0.3) is 0 Å². The van der Waals surface area contributed by atoms with Crippen LogP contribution in [0.4, 0.5) is 18.0 Å². The van der Waals surface area contributed by atoms with Crippen molar-refractivity contribution in [3.8, 4) is 0 Å². The van der Waals surface area contributed by atoms with Gasteiger partial charge in [0, 0.05) is 12.6 Å². The number of rotatable bonds is 5. The van der Waals surface area contributed by atoms with Gasteiger partial charge in [-0.1, -0.05) is 6.92 Å². The average molecular weight is 310 g/mol. The van der Waals surface area contributed by atoms with E-state index in [0.29, 0.717) is 32.1 Å². The maximum absolute atomic E-state index is 12.4. The van der Waals surface area contributed by atoms with Crippen molar-refractivity contribution in [1.29, 1.82) is 0 Å². The first-order chi connectivity index (χ1) is 9.73. The third-order valence-electron chi connectivity index (χ3n) is 3.55. The lowest BCUT2D eigenvalue weighted by atomic mass is 9.86. The summed E-state index contributed by atoms with van der Waals surface area (Å²) in [7, 11) is 0. The second kappa shape index (κ2) is 7.51. The Balaban J connectivity index is 2.48. The number of carboxylic acid groups (broad SMARTS) is 1.